The Hall–Kier alpha value is -4.88. The topological polar surface area (TPSA) is 3.24 Å². The third-order valence-electron chi connectivity index (χ3n) is 18.0. The Bertz CT molecular complexity index is 2760. The van der Waals surface area contributed by atoms with Crippen molar-refractivity contribution in [3.63, 3.8) is 0 Å². The van der Waals surface area contributed by atoms with E-state index in [0.717, 1.165) is 23.7 Å². The third-order valence-corrected chi connectivity index (χ3v) is 18.0. The van der Waals surface area contributed by atoms with Crippen LogP contribution in [0.5, 0.6) is 0 Å². The molecule has 0 aliphatic heterocycles. The molecule has 1 heteroatoms. The van der Waals surface area contributed by atoms with Gasteiger partial charge in [0.2, 0.25) is 0 Å². The molecule has 0 N–H and O–H groups in total. The van der Waals surface area contributed by atoms with Gasteiger partial charge in [0.15, 0.2) is 0 Å². The van der Waals surface area contributed by atoms with Gasteiger partial charge in [-0.3, -0.25) is 0 Å². The summed E-state index contributed by atoms with van der Waals surface area (Å²) < 4.78 is 0. The zero-order valence-corrected chi connectivity index (χ0v) is 35.1. The van der Waals surface area contributed by atoms with E-state index in [4.69, 9.17) is 0 Å². The van der Waals surface area contributed by atoms with Gasteiger partial charge >= 0.3 is 0 Å². The van der Waals surface area contributed by atoms with Gasteiger partial charge in [0.05, 0.1) is 5.69 Å². The maximum absolute atomic E-state index is 2.67. The minimum atomic E-state index is -0.0767. The van der Waals surface area contributed by atoms with Crippen molar-refractivity contribution in [1.82, 2.24) is 0 Å². The lowest BCUT2D eigenvalue weighted by atomic mass is 9.26. The van der Waals surface area contributed by atoms with E-state index < -0.39 is 0 Å². The second-order valence-electron chi connectivity index (χ2n) is 21.6. The number of rotatable bonds is 4. The highest BCUT2D eigenvalue weighted by Crippen LogP contribution is 2.90. The summed E-state index contributed by atoms with van der Waals surface area (Å²) in [7, 11) is 0. The van der Waals surface area contributed by atoms with Gasteiger partial charge in [0.25, 0.3) is 0 Å². The zero-order chi connectivity index (χ0) is 39.1. The van der Waals surface area contributed by atoms with Crippen LogP contribution in [0.15, 0.2) is 127 Å². The molecule has 0 radical (unpaired) electrons. The van der Waals surface area contributed by atoms with E-state index in [-0.39, 0.29) is 21.7 Å². The first-order chi connectivity index (χ1) is 27.9. The van der Waals surface area contributed by atoms with Crippen molar-refractivity contribution in [3.8, 4) is 33.4 Å². The molecular formula is C57H55N. The third kappa shape index (κ3) is 3.91. The monoisotopic (exact) mass is 753 g/mol. The van der Waals surface area contributed by atoms with Crippen LogP contribution in [-0.2, 0) is 21.7 Å². The van der Waals surface area contributed by atoms with Crippen LogP contribution in [0.3, 0.4) is 0 Å². The molecule has 7 aliphatic carbocycles. The molecule has 58 heavy (non-hydrogen) atoms. The minimum Gasteiger partial charge on any atom is -0.310 e. The van der Waals surface area contributed by atoms with Crippen molar-refractivity contribution in [2.45, 2.75) is 102 Å². The lowest BCUT2D eigenvalue weighted by molar-refractivity contribution is -0.231. The van der Waals surface area contributed by atoms with Crippen LogP contribution in [0.1, 0.15) is 113 Å². The molecule has 4 fully saturated rings. The maximum Gasteiger partial charge on any atom is 0.0509 e. The van der Waals surface area contributed by atoms with Crippen LogP contribution in [-0.4, -0.2) is 0 Å². The number of hydrogen-bond acceptors (Lipinski definition) is 1. The molecule has 13 rings (SSSR count). The Morgan fingerprint density at radius 1 is 0.483 bits per heavy atom. The van der Waals surface area contributed by atoms with Crippen molar-refractivity contribution < 1.29 is 0 Å². The summed E-state index contributed by atoms with van der Waals surface area (Å²) in [5, 5.41) is 0. The highest BCUT2D eigenvalue weighted by atomic mass is 15.1. The van der Waals surface area contributed by atoms with E-state index in [1.807, 2.05) is 0 Å². The minimum absolute atomic E-state index is 0.0767. The average molecular weight is 754 g/mol. The quantitative estimate of drug-likeness (QED) is 0.173. The molecule has 0 heterocycles. The van der Waals surface area contributed by atoms with Gasteiger partial charge in [0, 0.05) is 22.2 Å². The summed E-state index contributed by atoms with van der Waals surface area (Å²) in [5.41, 5.74) is 22.4. The fourth-order valence-corrected chi connectivity index (χ4v) is 15.4. The van der Waals surface area contributed by atoms with Gasteiger partial charge in [-0.15, -0.1) is 0 Å². The molecule has 4 saturated carbocycles. The second-order valence-corrected chi connectivity index (χ2v) is 21.6. The number of nitrogens with zero attached hydrogens (tertiary/aromatic N) is 1. The first-order valence-corrected chi connectivity index (χ1v) is 22.5. The first kappa shape index (κ1) is 34.0. The molecule has 0 amide bonds. The Kier molecular flexibility index (Phi) is 6.36. The van der Waals surface area contributed by atoms with Crippen molar-refractivity contribution in [1.29, 1.82) is 0 Å². The summed E-state index contributed by atoms with van der Waals surface area (Å²) in [6, 6.07) is 50.3. The molecule has 6 atom stereocenters. The van der Waals surface area contributed by atoms with E-state index in [2.05, 4.69) is 174 Å². The Morgan fingerprint density at radius 3 is 1.90 bits per heavy atom. The molecule has 288 valence electrons. The van der Waals surface area contributed by atoms with Crippen molar-refractivity contribution in [2.24, 2.45) is 29.1 Å². The Labute approximate surface area is 345 Å². The summed E-state index contributed by atoms with van der Waals surface area (Å²) in [4.78, 5) is 2.67. The lowest BCUT2D eigenvalue weighted by Gasteiger charge is -2.76. The van der Waals surface area contributed by atoms with Gasteiger partial charge in [-0.05, 0) is 176 Å². The highest BCUT2D eigenvalue weighted by molar-refractivity contribution is 5.93. The van der Waals surface area contributed by atoms with Crippen LogP contribution in [0, 0.1) is 29.1 Å². The predicted octanol–water partition coefficient (Wildman–Crippen LogP) is 14.8. The van der Waals surface area contributed by atoms with E-state index in [9.17, 15) is 0 Å². The molecule has 1 nitrogen and oxygen atoms in total. The summed E-state index contributed by atoms with van der Waals surface area (Å²) >= 11 is 0. The maximum atomic E-state index is 2.67. The van der Waals surface area contributed by atoms with Gasteiger partial charge in [-0.2, -0.15) is 0 Å². The fraction of sp³-hybridized carbons (Fsp3) is 0.368. The Morgan fingerprint density at radius 2 is 1.12 bits per heavy atom. The number of fused-ring (bicyclic) bond motifs is 12. The standard InChI is InChI=1S/C57H55N/c1-53(2)26-27-54(3,4)48-30-36(20-25-46(48)53)35-18-21-38(22-19-35)58(39-23-24-42-40-12-7-9-15-44(40)55(5,6)47(42)32-39)49-17-11-14-43-41-13-8-10-16-45(41)57(52(43)49)50-29-34-28-37-31-51(57)56(37,50)33-34/h7-25,30,32,34,37,50-51H,26-29,31,33H2,1-6H3. The molecule has 0 aromatic heterocycles. The summed E-state index contributed by atoms with van der Waals surface area (Å²) in [5.74, 6) is 3.39. The number of hydrogen-bond donors (Lipinski definition) is 0. The molecule has 2 bridgehead atoms. The van der Waals surface area contributed by atoms with Crippen LogP contribution in [0.25, 0.3) is 33.4 Å². The van der Waals surface area contributed by atoms with Gasteiger partial charge in [-0.25, -0.2) is 0 Å². The van der Waals surface area contributed by atoms with Gasteiger partial charge < -0.3 is 4.90 Å². The summed E-state index contributed by atoms with van der Waals surface area (Å²) in [6.07, 6.45) is 8.25. The number of benzene rings is 6. The Balaban J connectivity index is 1.00. The molecule has 0 saturated heterocycles. The number of anilines is 3. The molecule has 7 aliphatic rings. The average Bonchev–Trinajstić information content (AvgIpc) is 3.92. The van der Waals surface area contributed by atoms with Crippen molar-refractivity contribution in [2.75, 3.05) is 4.90 Å². The van der Waals surface area contributed by atoms with E-state index in [0.29, 0.717) is 5.41 Å². The predicted molar refractivity (Wildman–Crippen MR) is 240 cm³/mol. The van der Waals surface area contributed by atoms with Gasteiger partial charge in [-0.1, -0.05) is 139 Å². The molecule has 6 unspecified atom stereocenters. The van der Waals surface area contributed by atoms with Crippen molar-refractivity contribution in [3.05, 3.63) is 161 Å². The summed E-state index contributed by atoms with van der Waals surface area (Å²) in [6.45, 7) is 14.6. The van der Waals surface area contributed by atoms with Crippen molar-refractivity contribution >= 4 is 17.1 Å². The first-order valence-electron chi connectivity index (χ1n) is 22.5. The van der Waals surface area contributed by atoms with Gasteiger partial charge in [0.1, 0.15) is 0 Å². The van der Waals surface area contributed by atoms with E-state index in [1.165, 1.54) is 111 Å². The fourth-order valence-electron chi connectivity index (χ4n) is 15.4. The zero-order valence-electron chi connectivity index (χ0n) is 35.1. The van der Waals surface area contributed by atoms with Crippen LogP contribution in [0.4, 0.5) is 17.1 Å². The highest BCUT2D eigenvalue weighted by Gasteiger charge is 2.85. The smallest absolute Gasteiger partial charge is 0.0509 e. The molecular weight excluding hydrogens is 699 g/mol. The van der Waals surface area contributed by atoms with Crippen LogP contribution in [0.2, 0.25) is 0 Å². The lowest BCUT2D eigenvalue weighted by Crippen LogP contribution is -2.73. The van der Waals surface area contributed by atoms with E-state index in [1.54, 1.807) is 11.1 Å². The van der Waals surface area contributed by atoms with E-state index >= 15 is 0 Å². The molecule has 2 spiro atoms. The molecule has 6 aromatic rings. The van der Waals surface area contributed by atoms with Crippen LogP contribution < -0.4 is 4.90 Å². The largest absolute Gasteiger partial charge is 0.310 e. The molecule has 6 aromatic carbocycles. The second kappa shape index (κ2) is 10.8. The normalized spacial score (nSPS) is 29.7. The van der Waals surface area contributed by atoms with Crippen LogP contribution >= 0.6 is 0 Å². The SMILES string of the molecule is CC1(C)CCC(C)(C)c2cc(-c3ccc(N(c4ccc5c(c4)C(C)(C)c4ccccc4-5)c4cccc5c4C4(c6ccccc6-5)C5CC6CC7CC4C75C6)cc3)ccc21.